The fraction of sp³-hybridized carbons (Fsp3) is 0.778. The van der Waals surface area contributed by atoms with E-state index in [-0.39, 0.29) is 11.9 Å². The first kappa shape index (κ1) is 8.53. The first-order chi connectivity index (χ1) is 6.14. The highest BCUT2D eigenvalue weighted by molar-refractivity contribution is 5.90. The molecule has 0 spiro atoms. The Bertz CT molecular complexity index is 254. The molecule has 1 aliphatic carbocycles. The maximum Gasteiger partial charge on any atom is 0.410 e. The Labute approximate surface area is 76.8 Å². The van der Waals surface area contributed by atoms with Gasteiger partial charge in [-0.15, -0.1) is 0 Å². The molecule has 1 saturated heterocycles. The molecule has 0 aromatic rings. The van der Waals surface area contributed by atoms with Gasteiger partial charge < -0.3 is 9.64 Å². The summed E-state index contributed by atoms with van der Waals surface area (Å²) < 4.78 is 5.15. The standard InChI is InChI=1S/C9H13NO3/c1-7(11)9(3-4-9)13-8(12)10-5-2-6-10/h2-6H2,1H3. The summed E-state index contributed by atoms with van der Waals surface area (Å²) >= 11 is 0. The van der Waals surface area contributed by atoms with Gasteiger partial charge in [-0.2, -0.15) is 0 Å². The van der Waals surface area contributed by atoms with Crippen LogP contribution >= 0.6 is 0 Å². The summed E-state index contributed by atoms with van der Waals surface area (Å²) in [6.07, 6.45) is 2.12. The van der Waals surface area contributed by atoms with Crippen LogP contribution in [0.5, 0.6) is 0 Å². The van der Waals surface area contributed by atoms with Crippen molar-refractivity contribution in [2.24, 2.45) is 0 Å². The van der Waals surface area contributed by atoms with Crippen molar-refractivity contribution in [2.75, 3.05) is 13.1 Å². The van der Waals surface area contributed by atoms with Crippen LogP contribution in [0.4, 0.5) is 4.79 Å². The zero-order valence-electron chi connectivity index (χ0n) is 7.71. The van der Waals surface area contributed by atoms with Crippen molar-refractivity contribution in [3.8, 4) is 0 Å². The minimum Gasteiger partial charge on any atom is -0.435 e. The van der Waals surface area contributed by atoms with Gasteiger partial charge in [-0.05, 0) is 26.2 Å². The zero-order valence-corrected chi connectivity index (χ0v) is 7.71. The van der Waals surface area contributed by atoms with Crippen LogP contribution in [0.25, 0.3) is 0 Å². The Kier molecular flexibility index (Phi) is 1.78. The van der Waals surface area contributed by atoms with E-state index in [0.717, 1.165) is 19.5 Å². The van der Waals surface area contributed by atoms with Gasteiger partial charge in [0.25, 0.3) is 0 Å². The Hall–Kier alpha value is -1.06. The fourth-order valence-electron chi connectivity index (χ4n) is 1.37. The third-order valence-corrected chi connectivity index (χ3v) is 2.74. The van der Waals surface area contributed by atoms with Crippen molar-refractivity contribution in [1.29, 1.82) is 0 Å². The molecule has 4 nitrogen and oxygen atoms in total. The van der Waals surface area contributed by atoms with E-state index in [1.54, 1.807) is 4.90 Å². The van der Waals surface area contributed by atoms with Gasteiger partial charge in [-0.3, -0.25) is 4.79 Å². The molecule has 0 radical (unpaired) electrons. The van der Waals surface area contributed by atoms with E-state index in [2.05, 4.69) is 0 Å². The molecule has 2 fully saturated rings. The number of Topliss-reactive ketones (excluding diaryl/α,β-unsaturated/α-hetero) is 1. The molecule has 1 heterocycles. The van der Waals surface area contributed by atoms with Crippen LogP contribution in [0.15, 0.2) is 0 Å². The number of likely N-dealkylation sites (tertiary alicyclic amines) is 1. The second-order valence-electron chi connectivity index (χ2n) is 3.76. The number of carbonyl (C=O) groups excluding carboxylic acids is 2. The Morgan fingerprint density at radius 2 is 1.92 bits per heavy atom. The number of rotatable bonds is 2. The molecule has 0 aromatic carbocycles. The largest absolute Gasteiger partial charge is 0.435 e. The summed E-state index contributed by atoms with van der Waals surface area (Å²) in [6, 6.07) is 0. The summed E-state index contributed by atoms with van der Waals surface area (Å²) in [5.41, 5.74) is -0.743. The van der Waals surface area contributed by atoms with Crippen LogP contribution in [0.3, 0.4) is 0 Å². The van der Waals surface area contributed by atoms with Gasteiger partial charge in [0.1, 0.15) is 0 Å². The predicted octanol–water partition coefficient (Wildman–Crippen LogP) is 0.950. The molecule has 13 heavy (non-hydrogen) atoms. The van der Waals surface area contributed by atoms with E-state index < -0.39 is 5.60 Å². The molecule has 0 unspecified atom stereocenters. The van der Waals surface area contributed by atoms with Crippen LogP contribution < -0.4 is 0 Å². The van der Waals surface area contributed by atoms with E-state index >= 15 is 0 Å². The average Bonchev–Trinajstić information content (AvgIpc) is 2.64. The molecule has 2 rings (SSSR count). The van der Waals surface area contributed by atoms with Crippen molar-refractivity contribution in [3.05, 3.63) is 0 Å². The van der Waals surface area contributed by atoms with Crippen LogP contribution in [0.2, 0.25) is 0 Å². The fourth-order valence-corrected chi connectivity index (χ4v) is 1.37. The van der Waals surface area contributed by atoms with Crippen molar-refractivity contribution < 1.29 is 14.3 Å². The molecular weight excluding hydrogens is 170 g/mol. The van der Waals surface area contributed by atoms with Crippen molar-refractivity contribution in [1.82, 2.24) is 4.90 Å². The maximum absolute atomic E-state index is 11.3. The van der Waals surface area contributed by atoms with Gasteiger partial charge >= 0.3 is 6.09 Å². The predicted molar refractivity (Wildman–Crippen MR) is 45.3 cm³/mol. The summed E-state index contributed by atoms with van der Waals surface area (Å²) in [4.78, 5) is 24.1. The maximum atomic E-state index is 11.3. The van der Waals surface area contributed by atoms with Gasteiger partial charge in [0.2, 0.25) is 0 Å². The Balaban J connectivity index is 1.90. The Morgan fingerprint density at radius 1 is 1.31 bits per heavy atom. The molecule has 0 atom stereocenters. The topological polar surface area (TPSA) is 46.6 Å². The number of carbonyl (C=O) groups is 2. The molecule has 1 amide bonds. The van der Waals surface area contributed by atoms with Crippen LogP contribution in [0.1, 0.15) is 26.2 Å². The van der Waals surface area contributed by atoms with Gasteiger partial charge in [-0.1, -0.05) is 0 Å². The van der Waals surface area contributed by atoms with Crippen molar-refractivity contribution in [3.63, 3.8) is 0 Å². The molecule has 0 bridgehead atoms. The van der Waals surface area contributed by atoms with E-state index in [4.69, 9.17) is 4.74 Å². The highest BCUT2D eigenvalue weighted by Crippen LogP contribution is 2.41. The van der Waals surface area contributed by atoms with E-state index in [1.807, 2.05) is 0 Å². The lowest BCUT2D eigenvalue weighted by molar-refractivity contribution is -0.128. The lowest BCUT2D eigenvalue weighted by atomic mass is 10.2. The van der Waals surface area contributed by atoms with Gasteiger partial charge in [-0.25, -0.2) is 4.79 Å². The number of hydrogen-bond donors (Lipinski definition) is 0. The zero-order chi connectivity index (χ0) is 9.47. The lowest BCUT2D eigenvalue weighted by Crippen LogP contribution is -2.45. The average molecular weight is 183 g/mol. The highest BCUT2D eigenvalue weighted by atomic mass is 16.6. The monoisotopic (exact) mass is 183 g/mol. The first-order valence-corrected chi connectivity index (χ1v) is 4.63. The molecule has 1 saturated carbocycles. The van der Waals surface area contributed by atoms with Crippen LogP contribution in [-0.2, 0) is 9.53 Å². The summed E-state index contributed by atoms with van der Waals surface area (Å²) in [5.74, 6) is -0.0265. The highest BCUT2D eigenvalue weighted by Gasteiger charge is 2.52. The van der Waals surface area contributed by atoms with Gasteiger partial charge in [0.15, 0.2) is 11.4 Å². The number of ether oxygens (including phenoxy) is 1. The quantitative estimate of drug-likeness (QED) is 0.640. The molecule has 1 aliphatic heterocycles. The third-order valence-electron chi connectivity index (χ3n) is 2.74. The summed E-state index contributed by atoms with van der Waals surface area (Å²) in [6.45, 7) is 3.02. The molecule has 0 aromatic heterocycles. The smallest absolute Gasteiger partial charge is 0.410 e. The number of amides is 1. The van der Waals surface area contributed by atoms with E-state index in [9.17, 15) is 9.59 Å². The second-order valence-corrected chi connectivity index (χ2v) is 3.76. The van der Waals surface area contributed by atoms with Crippen molar-refractivity contribution in [2.45, 2.75) is 31.8 Å². The molecular formula is C9H13NO3. The third kappa shape index (κ3) is 1.41. The van der Waals surface area contributed by atoms with Crippen LogP contribution in [0, 0.1) is 0 Å². The number of nitrogens with zero attached hydrogens (tertiary/aromatic N) is 1. The van der Waals surface area contributed by atoms with Crippen LogP contribution in [-0.4, -0.2) is 35.5 Å². The Morgan fingerprint density at radius 3 is 2.23 bits per heavy atom. The van der Waals surface area contributed by atoms with E-state index in [1.165, 1.54) is 6.92 Å². The lowest BCUT2D eigenvalue weighted by Gasteiger charge is -2.31. The SMILES string of the molecule is CC(=O)C1(OC(=O)N2CCC2)CC1. The minimum absolute atomic E-state index is 0.0265. The first-order valence-electron chi connectivity index (χ1n) is 4.63. The summed E-state index contributed by atoms with van der Waals surface area (Å²) in [7, 11) is 0. The second kappa shape index (κ2) is 2.72. The van der Waals surface area contributed by atoms with Gasteiger partial charge in [0, 0.05) is 13.1 Å². The van der Waals surface area contributed by atoms with E-state index in [0.29, 0.717) is 12.8 Å². The number of ketones is 1. The summed E-state index contributed by atoms with van der Waals surface area (Å²) in [5, 5.41) is 0. The number of hydrogen-bond acceptors (Lipinski definition) is 3. The molecule has 4 heteroatoms. The molecule has 2 aliphatic rings. The van der Waals surface area contributed by atoms with Crippen molar-refractivity contribution >= 4 is 11.9 Å². The molecule has 72 valence electrons. The normalized spacial score (nSPS) is 23.3. The van der Waals surface area contributed by atoms with Gasteiger partial charge in [0.05, 0.1) is 0 Å². The molecule has 0 N–H and O–H groups in total. The minimum atomic E-state index is -0.743.